The van der Waals surface area contributed by atoms with E-state index in [1.165, 1.54) is 0 Å². The number of Topliss-reactive ketones (excluding diaryl/α,β-unsaturated/α-hetero) is 1. The summed E-state index contributed by atoms with van der Waals surface area (Å²) >= 11 is 0. The van der Waals surface area contributed by atoms with Gasteiger partial charge in [-0.3, -0.25) is 14.5 Å². The molecular weight excluding hydrogens is 476 g/mol. The number of hydrogen-bond donors (Lipinski definition) is 3. The normalized spacial score (nSPS) is 41.5. The summed E-state index contributed by atoms with van der Waals surface area (Å²) in [5, 5.41) is 31.7. The van der Waals surface area contributed by atoms with E-state index < -0.39 is 35.6 Å². The van der Waals surface area contributed by atoms with Crippen molar-refractivity contribution in [1.29, 1.82) is 0 Å². The highest BCUT2D eigenvalue weighted by Crippen LogP contribution is 2.50. The van der Waals surface area contributed by atoms with Gasteiger partial charge in [-0.25, -0.2) is 4.98 Å². The van der Waals surface area contributed by atoms with Gasteiger partial charge in [-0.1, -0.05) is 20.3 Å². The van der Waals surface area contributed by atoms with Crippen LogP contribution in [0.3, 0.4) is 0 Å². The number of carbonyl (C=O) groups excluding carboxylic acids is 2. The molecule has 9 nitrogen and oxygen atoms in total. The number of rotatable bonds is 4. The minimum Gasteiger partial charge on any atom is -0.458 e. The van der Waals surface area contributed by atoms with Crippen LogP contribution in [-0.4, -0.2) is 80.0 Å². The molecule has 3 heterocycles. The highest BCUT2D eigenvalue weighted by molar-refractivity contribution is 5.89. The largest absolute Gasteiger partial charge is 0.458 e. The molecule has 2 bridgehead atoms. The molecule has 4 rings (SSSR count). The predicted molar refractivity (Wildman–Crippen MR) is 136 cm³/mol. The fourth-order valence-corrected chi connectivity index (χ4v) is 6.83. The van der Waals surface area contributed by atoms with E-state index in [0.717, 1.165) is 24.8 Å². The molecule has 9 atom stereocenters. The van der Waals surface area contributed by atoms with Gasteiger partial charge in [0, 0.05) is 37.4 Å². The van der Waals surface area contributed by atoms with Gasteiger partial charge in [0.2, 0.25) is 0 Å². The maximum absolute atomic E-state index is 13.2. The molecule has 206 valence electrons. The highest BCUT2D eigenvalue weighted by atomic mass is 16.5. The molecule has 0 aromatic carbocycles. The summed E-state index contributed by atoms with van der Waals surface area (Å²) in [4.78, 5) is 32.9. The summed E-state index contributed by atoms with van der Waals surface area (Å²) in [5.41, 5.74) is 0.153. The van der Waals surface area contributed by atoms with Crippen molar-refractivity contribution in [3.8, 4) is 0 Å². The van der Waals surface area contributed by atoms with Gasteiger partial charge in [-0.15, -0.1) is 0 Å². The van der Waals surface area contributed by atoms with Crippen LogP contribution in [0.15, 0.2) is 16.3 Å². The lowest BCUT2D eigenvalue weighted by Gasteiger charge is -2.45. The highest BCUT2D eigenvalue weighted by Gasteiger charge is 2.59. The molecule has 1 aliphatic carbocycles. The first-order valence-electron chi connectivity index (χ1n) is 13.5. The zero-order valence-corrected chi connectivity index (χ0v) is 22.6. The maximum Gasteiger partial charge on any atom is 0.309 e. The van der Waals surface area contributed by atoms with Crippen LogP contribution in [0.1, 0.15) is 77.8 Å². The van der Waals surface area contributed by atoms with E-state index in [9.17, 15) is 24.9 Å². The Morgan fingerprint density at radius 2 is 2.03 bits per heavy atom. The molecule has 1 aromatic heterocycles. The fraction of sp³-hybridized carbons (Fsp3) is 0.750. The number of ketones is 1. The number of β-amino-alcohol motifs (C(OH)–C–C–N with tert-alkyl or cyclic N) is 1. The maximum atomic E-state index is 13.2. The van der Waals surface area contributed by atoms with Gasteiger partial charge in [-0.05, 0) is 50.7 Å². The second kappa shape index (κ2) is 10.6. The van der Waals surface area contributed by atoms with E-state index in [4.69, 9.17) is 9.15 Å². The summed E-state index contributed by atoms with van der Waals surface area (Å²) in [6, 6.07) is 0.106. The average molecular weight is 519 g/mol. The Bertz CT molecular complexity index is 1040. The number of hydrogen-bond acceptors (Lipinski definition) is 9. The van der Waals surface area contributed by atoms with Crippen LogP contribution in [0.25, 0.3) is 6.08 Å². The minimum absolute atomic E-state index is 0.0368. The molecule has 1 saturated carbocycles. The number of nitrogens with zero attached hydrogens (tertiary/aromatic N) is 2. The lowest BCUT2D eigenvalue weighted by Crippen LogP contribution is -2.54. The van der Waals surface area contributed by atoms with E-state index in [1.54, 1.807) is 27.0 Å². The number of esters is 1. The Hall–Kier alpha value is -2.07. The van der Waals surface area contributed by atoms with Crippen molar-refractivity contribution in [3.63, 3.8) is 0 Å². The molecule has 37 heavy (non-hydrogen) atoms. The average Bonchev–Trinajstić information content (AvgIpc) is 3.14. The third-order valence-corrected chi connectivity index (χ3v) is 9.27. The topological polar surface area (TPSA) is 133 Å². The fourth-order valence-electron chi connectivity index (χ4n) is 6.83. The van der Waals surface area contributed by atoms with Crippen molar-refractivity contribution < 1.29 is 34.1 Å². The lowest BCUT2D eigenvalue weighted by molar-refractivity contribution is -0.161. The monoisotopic (exact) mass is 518 g/mol. The molecular formula is C28H42N2O7. The second-order valence-electron chi connectivity index (χ2n) is 11.8. The molecule has 2 aliphatic heterocycles. The third kappa shape index (κ3) is 5.41. The molecule has 3 fully saturated rings. The quantitative estimate of drug-likeness (QED) is 0.406. The second-order valence-corrected chi connectivity index (χ2v) is 11.8. The Labute approximate surface area is 218 Å². The first-order valence-corrected chi connectivity index (χ1v) is 13.5. The van der Waals surface area contributed by atoms with Gasteiger partial charge in [0.1, 0.15) is 23.8 Å². The summed E-state index contributed by atoms with van der Waals surface area (Å²) in [6.07, 6.45) is 3.87. The Balaban J connectivity index is 1.64. The van der Waals surface area contributed by atoms with Gasteiger partial charge in [-0.2, -0.15) is 0 Å². The van der Waals surface area contributed by atoms with E-state index in [0.29, 0.717) is 31.0 Å². The Morgan fingerprint density at radius 1 is 1.30 bits per heavy atom. The predicted octanol–water partition coefficient (Wildman–Crippen LogP) is 2.65. The number of oxazole rings is 1. The van der Waals surface area contributed by atoms with Gasteiger partial charge >= 0.3 is 5.97 Å². The van der Waals surface area contributed by atoms with Crippen molar-refractivity contribution in [3.05, 3.63) is 23.4 Å². The van der Waals surface area contributed by atoms with Gasteiger partial charge < -0.3 is 24.5 Å². The van der Waals surface area contributed by atoms with E-state index in [1.807, 2.05) is 13.0 Å². The zero-order valence-electron chi connectivity index (χ0n) is 22.6. The summed E-state index contributed by atoms with van der Waals surface area (Å²) in [7, 11) is 0. The van der Waals surface area contributed by atoms with Gasteiger partial charge in [0.15, 0.2) is 5.89 Å². The van der Waals surface area contributed by atoms with Crippen molar-refractivity contribution in [2.75, 3.05) is 13.2 Å². The van der Waals surface area contributed by atoms with Crippen LogP contribution >= 0.6 is 0 Å². The molecule has 3 N–H and O–H groups in total. The van der Waals surface area contributed by atoms with Crippen LogP contribution in [0.2, 0.25) is 0 Å². The number of aliphatic hydroxyl groups excluding tert-OH is 3. The van der Waals surface area contributed by atoms with Gasteiger partial charge in [0.05, 0.1) is 30.7 Å². The SMILES string of the molecule is C/C(=C\c1coc(C)n1)[C@@H]1C[C@@H]2N(CCO)[C@]2(C)CCC[C@@H]2C[C@@](C)(C(=O)[C@H](C)[C@H]2O)[C@@H](O)CC(=O)O1. The third-order valence-electron chi connectivity index (χ3n) is 9.27. The molecule has 1 unspecified atom stereocenters. The first-order chi connectivity index (χ1) is 17.4. The number of aryl methyl sites for hydroxylation is 1. The number of cyclic esters (lactones) is 1. The number of aromatic nitrogens is 1. The molecule has 0 amide bonds. The Morgan fingerprint density at radius 3 is 2.68 bits per heavy atom. The van der Waals surface area contributed by atoms with E-state index in [2.05, 4.69) is 16.8 Å². The minimum atomic E-state index is -1.20. The number of carbonyl (C=O) groups is 2. The smallest absolute Gasteiger partial charge is 0.309 e. The van der Waals surface area contributed by atoms with Crippen molar-refractivity contribution in [2.24, 2.45) is 17.3 Å². The van der Waals surface area contributed by atoms with Crippen molar-refractivity contribution >= 4 is 17.8 Å². The molecule has 1 aromatic rings. The number of ether oxygens (including phenoxy) is 1. The van der Waals surface area contributed by atoms with E-state index >= 15 is 0 Å². The van der Waals surface area contributed by atoms with Crippen molar-refractivity contribution in [1.82, 2.24) is 9.88 Å². The lowest BCUT2D eigenvalue weighted by atomic mass is 9.60. The zero-order chi connectivity index (χ0) is 27.1. The molecule has 3 aliphatic rings. The van der Waals surface area contributed by atoms with Crippen LogP contribution in [-0.2, 0) is 14.3 Å². The molecule has 0 radical (unpaired) electrons. The van der Waals surface area contributed by atoms with Crippen LogP contribution < -0.4 is 0 Å². The standard InChI is InChI=1S/C28H42N2O7/c1-16(11-20-15-36-18(3)29-20)21-12-22-28(5,30(22)9-10-31)8-6-7-19-14-27(4,23(32)13-24(33)37-21)26(35)17(2)25(19)34/h11,15,17,19,21-23,25,31-32,34H,6-10,12-14H2,1-5H3/b16-11+/t17-,19-,21+,22+,23+,25-,27-,28-,30?/m1/s1. The number of fused-ring (bicyclic) bond motifs is 3. The number of aliphatic hydroxyl groups is 3. The summed E-state index contributed by atoms with van der Waals surface area (Å²) in [5.74, 6) is -0.985. The van der Waals surface area contributed by atoms with Crippen molar-refractivity contribution in [2.45, 2.75) is 103 Å². The van der Waals surface area contributed by atoms with Crippen LogP contribution in [0.4, 0.5) is 0 Å². The summed E-state index contributed by atoms with van der Waals surface area (Å²) in [6.45, 7) is 9.81. The molecule has 0 spiro atoms. The Kier molecular flexibility index (Phi) is 8.00. The van der Waals surface area contributed by atoms with E-state index in [-0.39, 0.29) is 36.3 Å². The van der Waals surface area contributed by atoms with Crippen LogP contribution in [0, 0.1) is 24.2 Å². The first kappa shape index (κ1) is 28.0. The molecule has 9 heteroatoms. The van der Waals surface area contributed by atoms with Gasteiger partial charge in [0.25, 0.3) is 0 Å². The summed E-state index contributed by atoms with van der Waals surface area (Å²) < 4.78 is 11.3. The van der Waals surface area contributed by atoms with Crippen LogP contribution in [0.5, 0.6) is 0 Å². The molecule has 2 saturated heterocycles.